The molecule has 1 amide bonds. The number of nitrogens with one attached hydrogen (secondary N) is 1. The number of carbonyl (C=O) groups excluding carboxylic acids is 1. The molecule has 2 fully saturated rings. The predicted molar refractivity (Wildman–Crippen MR) is 84.9 cm³/mol. The molecule has 1 aromatic rings. The third-order valence-corrected chi connectivity index (χ3v) is 4.74. The van der Waals surface area contributed by atoms with Crippen LogP contribution in [0.15, 0.2) is 12.3 Å². The van der Waals surface area contributed by atoms with Gasteiger partial charge < -0.3 is 10.2 Å². The fourth-order valence-electron chi connectivity index (χ4n) is 3.37. The van der Waals surface area contributed by atoms with Gasteiger partial charge in [-0.15, -0.1) is 12.4 Å². The molecule has 3 rings (SSSR count). The van der Waals surface area contributed by atoms with E-state index in [9.17, 15) is 18.0 Å². The minimum Gasteiger partial charge on any atom is -0.342 e. The highest BCUT2D eigenvalue weighted by molar-refractivity contribution is 5.85. The van der Waals surface area contributed by atoms with Crippen LogP contribution < -0.4 is 5.32 Å². The predicted octanol–water partition coefficient (Wildman–Crippen LogP) is 2.49. The van der Waals surface area contributed by atoms with Crippen molar-refractivity contribution in [1.82, 2.24) is 20.0 Å². The number of hydrogen-bond donors (Lipinski definition) is 1. The van der Waals surface area contributed by atoms with Crippen LogP contribution in [-0.2, 0) is 11.0 Å². The van der Waals surface area contributed by atoms with E-state index in [1.807, 2.05) is 4.90 Å². The molecule has 1 N–H and O–H groups in total. The molecule has 0 bridgehead atoms. The molecule has 0 unspecified atom stereocenters. The van der Waals surface area contributed by atoms with Gasteiger partial charge in [-0.05, 0) is 44.8 Å². The van der Waals surface area contributed by atoms with Gasteiger partial charge in [0, 0.05) is 25.2 Å². The highest BCUT2D eigenvalue weighted by atomic mass is 35.5. The maximum atomic E-state index is 12.6. The van der Waals surface area contributed by atoms with Crippen molar-refractivity contribution >= 4 is 18.3 Å². The number of piperidine rings is 2. The third kappa shape index (κ3) is 4.22. The standard InChI is InChI=1S/C15H21F3N4O.ClH/c16-15(17,18)13-5-10-22(20-13)12-3-8-21(9-4-12)14(23)11-1-6-19-7-2-11;/h5,10-12,19H,1-4,6-9H2;1H. The Kier molecular flexibility index (Phi) is 6.14. The topological polar surface area (TPSA) is 50.2 Å². The summed E-state index contributed by atoms with van der Waals surface area (Å²) in [5.41, 5.74) is -0.856. The van der Waals surface area contributed by atoms with E-state index in [-0.39, 0.29) is 30.3 Å². The molecule has 0 atom stereocenters. The van der Waals surface area contributed by atoms with Crippen molar-refractivity contribution in [2.45, 2.75) is 37.9 Å². The van der Waals surface area contributed by atoms with Gasteiger partial charge in [0.25, 0.3) is 0 Å². The molecule has 0 radical (unpaired) electrons. The first kappa shape index (κ1) is 19.1. The van der Waals surface area contributed by atoms with Crippen LogP contribution in [0.1, 0.15) is 37.4 Å². The third-order valence-electron chi connectivity index (χ3n) is 4.74. The van der Waals surface area contributed by atoms with Crippen LogP contribution in [0.25, 0.3) is 0 Å². The first-order chi connectivity index (χ1) is 10.9. The Balaban J connectivity index is 0.00000208. The monoisotopic (exact) mass is 366 g/mol. The molecule has 1 aromatic heterocycles. The molecule has 0 aliphatic carbocycles. The van der Waals surface area contributed by atoms with Gasteiger partial charge in [-0.2, -0.15) is 18.3 Å². The number of carbonyl (C=O) groups is 1. The molecule has 5 nitrogen and oxygen atoms in total. The molecule has 0 aromatic carbocycles. The summed E-state index contributed by atoms with van der Waals surface area (Å²) in [7, 11) is 0. The Hall–Kier alpha value is -1.28. The van der Waals surface area contributed by atoms with Gasteiger partial charge in [-0.3, -0.25) is 9.48 Å². The number of rotatable bonds is 2. The lowest BCUT2D eigenvalue weighted by Gasteiger charge is -2.35. The van der Waals surface area contributed by atoms with E-state index >= 15 is 0 Å². The lowest BCUT2D eigenvalue weighted by molar-refractivity contribution is -0.141. The van der Waals surface area contributed by atoms with Crippen molar-refractivity contribution in [3.05, 3.63) is 18.0 Å². The highest BCUT2D eigenvalue weighted by Crippen LogP contribution is 2.30. The molecule has 3 heterocycles. The van der Waals surface area contributed by atoms with E-state index in [4.69, 9.17) is 0 Å². The van der Waals surface area contributed by atoms with E-state index < -0.39 is 11.9 Å². The van der Waals surface area contributed by atoms with Crippen molar-refractivity contribution in [2.75, 3.05) is 26.2 Å². The summed E-state index contributed by atoms with van der Waals surface area (Å²) in [6.07, 6.45) is 0.0137. The van der Waals surface area contributed by atoms with Gasteiger partial charge in [0.15, 0.2) is 5.69 Å². The lowest BCUT2D eigenvalue weighted by Crippen LogP contribution is -2.44. The van der Waals surface area contributed by atoms with Crippen LogP contribution in [0.2, 0.25) is 0 Å². The maximum Gasteiger partial charge on any atom is 0.435 e. The van der Waals surface area contributed by atoms with Crippen LogP contribution in [0, 0.1) is 5.92 Å². The molecule has 9 heteroatoms. The van der Waals surface area contributed by atoms with E-state index in [1.165, 1.54) is 10.9 Å². The Morgan fingerprint density at radius 2 is 1.79 bits per heavy atom. The summed E-state index contributed by atoms with van der Waals surface area (Å²) in [5, 5.41) is 6.89. The number of alkyl halides is 3. The molecule has 24 heavy (non-hydrogen) atoms. The summed E-state index contributed by atoms with van der Waals surface area (Å²) in [4.78, 5) is 14.3. The molecular formula is C15H22ClF3N4O. The number of hydrogen-bond acceptors (Lipinski definition) is 3. The molecular weight excluding hydrogens is 345 g/mol. The van der Waals surface area contributed by atoms with Gasteiger partial charge in [0.2, 0.25) is 5.91 Å². The van der Waals surface area contributed by atoms with Crippen LogP contribution in [-0.4, -0.2) is 46.8 Å². The fraction of sp³-hybridized carbons (Fsp3) is 0.733. The summed E-state index contributed by atoms with van der Waals surface area (Å²) >= 11 is 0. The molecule has 136 valence electrons. The quantitative estimate of drug-likeness (QED) is 0.875. The van der Waals surface area contributed by atoms with Crippen molar-refractivity contribution in [1.29, 1.82) is 0 Å². The minimum atomic E-state index is -4.41. The van der Waals surface area contributed by atoms with Crippen LogP contribution in [0.5, 0.6) is 0 Å². The molecule has 2 aliphatic rings. The molecule has 0 saturated carbocycles. The number of amides is 1. The second-order valence-corrected chi connectivity index (χ2v) is 6.26. The van der Waals surface area contributed by atoms with Gasteiger partial charge in [0.1, 0.15) is 0 Å². The second kappa shape index (κ2) is 7.74. The number of likely N-dealkylation sites (tertiary alicyclic amines) is 1. The highest BCUT2D eigenvalue weighted by Gasteiger charge is 2.35. The number of halogens is 4. The van der Waals surface area contributed by atoms with Crippen molar-refractivity contribution in [3.63, 3.8) is 0 Å². The number of aromatic nitrogens is 2. The first-order valence-electron chi connectivity index (χ1n) is 8.07. The fourth-order valence-corrected chi connectivity index (χ4v) is 3.37. The van der Waals surface area contributed by atoms with Gasteiger partial charge in [-0.1, -0.05) is 0 Å². The van der Waals surface area contributed by atoms with Gasteiger partial charge in [0.05, 0.1) is 6.04 Å². The van der Waals surface area contributed by atoms with Crippen molar-refractivity contribution in [3.8, 4) is 0 Å². The zero-order valence-electron chi connectivity index (χ0n) is 13.3. The average Bonchev–Trinajstić information content (AvgIpc) is 3.05. The zero-order valence-corrected chi connectivity index (χ0v) is 14.1. The first-order valence-corrected chi connectivity index (χ1v) is 8.07. The van der Waals surface area contributed by atoms with Crippen molar-refractivity contribution < 1.29 is 18.0 Å². The molecule has 0 spiro atoms. The summed E-state index contributed by atoms with van der Waals surface area (Å²) in [6, 6.07) is 0.940. The summed E-state index contributed by atoms with van der Waals surface area (Å²) in [5.74, 6) is 0.288. The minimum absolute atomic E-state index is 0. The Bertz CT molecular complexity index is 549. The van der Waals surface area contributed by atoms with Crippen molar-refractivity contribution in [2.24, 2.45) is 5.92 Å². The Morgan fingerprint density at radius 1 is 1.17 bits per heavy atom. The number of nitrogens with zero attached hydrogens (tertiary/aromatic N) is 3. The van der Waals surface area contributed by atoms with E-state index in [2.05, 4.69) is 10.4 Å². The zero-order chi connectivity index (χ0) is 16.4. The maximum absolute atomic E-state index is 12.6. The van der Waals surface area contributed by atoms with Crippen LogP contribution >= 0.6 is 12.4 Å². The SMILES string of the molecule is Cl.O=C(C1CCNCC1)N1CCC(n2ccc(C(F)(F)F)n2)CC1. The smallest absolute Gasteiger partial charge is 0.342 e. The van der Waals surface area contributed by atoms with Crippen LogP contribution in [0.4, 0.5) is 13.2 Å². The normalized spacial score (nSPS) is 20.7. The second-order valence-electron chi connectivity index (χ2n) is 6.26. The summed E-state index contributed by atoms with van der Waals surface area (Å²) < 4.78 is 39.2. The van der Waals surface area contributed by atoms with E-state index in [0.29, 0.717) is 25.9 Å². The molecule has 2 saturated heterocycles. The van der Waals surface area contributed by atoms with E-state index in [0.717, 1.165) is 32.0 Å². The average molecular weight is 367 g/mol. The van der Waals surface area contributed by atoms with Gasteiger partial charge in [-0.25, -0.2) is 0 Å². The Labute approximate surface area is 145 Å². The Morgan fingerprint density at radius 3 is 2.33 bits per heavy atom. The molecule has 2 aliphatic heterocycles. The van der Waals surface area contributed by atoms with Crippen LogP contribution in [0.3, 0.4) is 0 Å². The largest absolute Gasteiger partial charge is 0.435 e. The van der Waals surface area contributed by atoms with E-state index in [1.54, 1.807) is 0 Å². The summed E-state index contributed by atoms with van der Waals surface area (Å²) in [6.45, 7) is 2.93. The lowest BCUT2D eigenvalue weighted by atomic mass is 9.95. The van der Waals surface area contributed by atoms with Gasteiger partial charge >= 0.3 is 6.18 Å².